The summed E-state index contributed by atoms with van der Waals surface area (Å²) in [5.41, 5.74) is 4.10. The molecule has 0 radical (unpaired) electrons. The highest BCUT2D eigenvalue weighted by Crippen LogP contribution is 2.51. The quantitative estimate of drug-likeness (QED) is 0.225. The van der Waals surface area contributed by atoms with Gasteiger partial charge in [0, 0.05) is 56.1 Å². The molecule has 2 aromatic rings. The fraction of sp³-hybridized carbons (Fsp3) is 0.579. The summed E-state index contributed by atoms with van der Waals surface area (Å²) >= 11 is 0. The maximum Gasteiger partial charge on any atom is 0.311 e. The molecule has 4 amide bonds. The normalized spacial score (nSPS) is 27.5. The van der Waals surface area contributed by atoms with Gasteiger partial charge in [-0.05, 0) is 118 Å². The van der Waals surface area contributed by atoms with Crippen molar-refractivity contribution in [3.05, 3.63) is 57.1 Å². The number of piperidine rings is 3. The second-order valence-electron chi connectivity index (χ2n) is 15.5. The Bertz CT molecular complexity index is 1760. The lowest BCUT2D eigenvalue weighted by molar-refractivity contribution is -0.385. The fourth-order valence-electron chi connectivity index (χ4n) is 9.70. The summed E-state index contributed by atoms with van der Waals surface area (Å²) in [5, 5.41) is 14.0. The predicted octanol–water partition coefficient (Wildman–Crippen LogP) is 5.58. The number of methoxy groups -OCH3 is 1. The second-order valence-corrected chi connectivity index (χ2v) is 15.5. The van der Waals surface area contributed by atoms with Crippen LogP contribution in [0.3, 0.4) is 0 Å². The van der Waals surface area contributed by atoms with Crippen LogP contribution >= 0.6 is 0 Å². The van der Waals surface area contributed by atoms with E-state index in [0.717, 1.165) is 80.1 Å². The van der Waals surface area contributed by atoms with E-state index in [9.17, 15) is 29.3 Å². The van der Waals surface area contributed by atoms with E-state index in [4.69, 9.17) is 4.74 Å². The molecule has 264 valence electrons. The lowest BCUT2D eigenvalue weighted by Crippen LogP contribution is -2.54. The summed E-state index contributed by atoms with van der Waals surface area (Å²) in [5.74, 6) is 0.218. The molecule has 1 spiro atoms. The third-order valence-corrected chi connectivity index (χ3v) is 12.6. The highest BCUT2D eigenvalue weighted by molar-refractivity contribution is 6.23. The number of fused-ring (bicyclic) bond motifs is 1. The van der Waals surface area contributed by atoms with E-state index in [1.54, 1.807) is 12.1 Å². The van der Waals surface area contributed by atoms with Crippen molar-refractivity contribution in [3.8, 4) is 5.75 Å². The van der Waals surface area contributed by atoms with Gasteiger partial charge in [0.15, 0.2) is 5.75 Å². The SMILES string of the molecule is COc1cc(N2CCC(C3CCC4(CCCN(c5ccc6c(c5)C(=O)N(C5CCC(=O)NC5=O)C6=O)C4)CC3)CC2)c(C2CC2)cc1[N+](=O)[O-]. The molecular formula is C38H45N5O7. The number of nitro benzene ring substituents is 1. The number of benzene rings is 2. The Balaban J connectivity index is 0.893. The first kappa shape index (κ1) is 32.7. The lowest BCUT2D eigenvalue weighted by atomic mass is 9.63. The van der Waals surface area contributed by atoms with Gasteiger partial charge in [-0.15, -0.1) is 0 Å². The van der Waals surface area contributed by atoms with E-state index in [2.05, 4.69) is 15.1 Å². The molecular weight excluding hydrogens is 638 g/mol. The Hall–Kier alpha value is -4.48. The zero-order valence-corrected chi connectivity index (χ0v) is 28.7. The van der Waals surface area contributed by atoms with E-state index in [1.807, 2.05) is 18.2 Å². The summed E-state index contributed by atoms with van der Waals surface area (Å²) in [6.07, 6.45) is 11.8. The smallest absolute Gasteiger partial charge is 0.311 e. The molecule has 50 heavy (non-hydrogen) atoms. The van der Waals surface area contributed by atoms with Gasteiger partial charge < -0.3 is 14.5 Å². The van der Waals surface area contributed by atoms with Crippen LogP contribution in [0, 0.1) is 27.4 Å². The number of ether oxygens (including phenoxy) is 1. The van der Waals surface area contributed by atoms with Crippen LogP contribution in [0.5, 0.6) is 5.75 Å². The van der Waals surface area contributed by atoms with Crippen molar-refractivity contribution in [1.29, 1.82) is 0 Å². The molecule has 6 aliphatic rings. The largest absolute Gasteiger partial charge is 0.490 e. The Kier molecular flexibility index (Phi) is 8.30. The molecule has 4 aliphatic heterocycles. The summed E-state index contributed by atoms with van der Waals surface area (Å²) in [6.45, 7) is 3.75. The molecule has 1 unspecified atom stereocenters. The molecule has 12 heteroatoms. The molecule has 2 aromatic carbocycles. The number of carbonyl (C=O) groups is 4. The summed E-state index contributed by atoms with van der Waals surface area (Å²) in [6, 6.07) is 8.18. The van der Waals surface area contributed by atoms with Gasteiger partial charge in [-0.3, -0.25) is 39.5 Å². The van der Waals surface area contributed by atoms with Crippen molar-refractivity contribution >= 4 is 40.7 Å². The van der Waals surface area contributed by atoms with Gasteiger partial charge in [-0.1, -0.05) is 0 Å². The first-order chi connectivity index (χ1) is 24.1. The minimum Gasteiger partial charge on any atom is -0.490 e. The van der Waals surface area contributed by atoms with Crippen LogP contribution in [-0.4, -0.2) is 72.8 Å². The van der Waals surface area contributed by atoms with Crippen molar-refractivity contribution in [2.24, 2.45) is 17.3 Å². The van der Waals surface area contributed by atoms with Gasteiger partial charge in [0.1, 0.15) is 6.04 Å². The van der Waals surface area contributed by atoms with Crippen molar-refractivity contribution in [1.82, 2.24) is 10.2 Å². The number of nitro groups is 1. The van der Waals surface area contributed by atoms with E-state index >= 15 is 0 Å². The van der Waals surface area contributed by atoms with E-state index in [0.29, 0.717) is 34.6 Å². The summed E-state index contributed by atoms with van der Waals surface area (Å²) < 4.78 is 5.44. The van der Waals surface area contributed by atoms with Crippen LogP contribution < -0.4 is 19.9 Å². The van der Waals surface area contributed by atoms with Crippen molar-refractivity contribution in [2.45, 2.75) is 89.0 Å². The van der Waals surface area contributed by atoms with Crippen LogP contribution in [0.4, 0.5) is 17.1 Å². The topological polar surface area (TPSA) is 142 Å². The third kappa shape index (κ3) is 5.80. The number of nitrogens with one attached hydrogen (secondary N) is 1. The van der Waals surface area contributed by atoms with Crippen molar-refractivity contribution < 1.29 is 28.8 Å². The second kappa shape index (κ2) is 12.7. The van der Waals surface area contributed by atoms with E-state index in [-0.39, 0.29) is 34.8 Å². The van der Waals surface area contributed by atoms with Crippen LogP contribution in [0.2, 0.25) is 0 Å². The Labute approximate surface area is 291 Å². The molecule has 0 bridgehead atoms. The molecule has 3 saturated heterocycles. The molecule has 8 rings (SSSR count). The standard InChI is InChI=1S/C38H45N5O7/c1-50-33-21-31(28(25-3-4-25)20-32(33)43(48)49)40-17-11-24(12-18-40)23-9-14-38(15-10-23)13-2-16-41(22-38)26-5-6-27-29(19-26)37(47)42(36(27)46)30-7-8-34(44)39-35(30)45/h5-6,19-21,23-25,30H,2-4,7-18,22H2,1H3,(H,39,44,45). The number of carbonyl (C=O) groups excluding carboxylic acids is 4. The Morgan fingerprint density at radius 1 is 0.840 bits per heavy atom. The van der Waals surface area contributed by atoms with Crippen LogP contribution in [0.1, 0.15) is 109 Å². The molecule has 4 heterocycles. The van der Waals surface area contributed by atoms with Gasteiger partial charge in [0.2, 0.25) is 11.8 Å². The van der Waals surface area contributed by atoms with Gasteiger partial charge in [0.05, 0.1) is 23.2 Å². The maximum absolute atomic E-state index is 13.5. The van der Waals surface area contributed by atoms with Gasteiger partial charge in [0.25, 0.3) is 11.8 Å². The summed E-state index contributed by atoms with van der Waals surface area (Å²) in [4.78, 5) is 68.0. The fourth-order valence-corrected chi connectivity index (χ4v) is 9.70. The first-order valence-electron chi connectivity index (χ1n) is 18.4. The number of nitrogens with zero attached hydrogens (tertiary/aromatic N) is 4. The lowest BCUT2D eigenvalue weighted by Gasteiger charge is -2.49. The minimum atomic E-state index is -0.963. The third-order valence-electron chi connectivity index (χ3n) is 12.6. The number of amides is 4. The molecule has 12 nitrogen and oxygen atoms in total. The van der Waals surface area contributed by atoms with E-state index in [1.165, 1.54) is 39.2 Å². The Morgan fingerprint density at radius 2 is 1.56 bits per heavy atom. The minimum absolute atomic E-state index is 0.0571. The predicted molar refractivity (Wildman–Crippen MR) is 186 cm³/mol. The average Bonchev–Trinajstić information content (AvgIpc) is 3.94. The van der Waals surface area contributed by atoms with Gasteiger partial charge in [-0.25, -0.2) is 0 Å². The molecule has 2 aliphatic carbocycles. The van der Waals surface area contributed by atoms with Crippen LogP contribution in [0.15, 0.2) is 30.3 Å². The molecule has 2 saturated carbocycles. The number of rotatable bonds is 7. The van der Waals surface area contributed by atoms with Crippen LogP contribution in [0.25, 0.3) is 0 Å². The number of imide groups is 2. The summed E-state index contributed by atoms with van der Waals surface area (Å²) in [7, 11) is 1.50. The van der Waals surface area contributed by atoms with Gasteiger partial charge in [-0.2, -0.15) is 0 Å². The average molecular weight is 684 g/mol. The molecule has 1 atom stereocenters. The Morgan fingerprint density at radius 3 is 2.24 bits per heavy atom. The number of hydrogen-bond donors (Lipinski definition) is 1. The zero-order valence-electron chi connectivity index (χ0n) is 28.7. The van der Waals surface area contributed by atoms with E-state index < -0.39 is 23.8 Å². The first-order valence-corrected chi connectivity index (χ1v) is 18.4. The van der Waals surface area contributed by atoms with Gasteiger partial charge >= 0.3 is 5.69 Å². The number of hydrogen-bond acceptors (Lipinski definition) is 9. The zero-order chi connectivity index (χ0) is 34.7. The molecule has 1 N–H and O–H groups in total. The van der Waals surface area contributed by atoms with Crippen molar-refractivity contribution in [2.75, 3.05) is 43.1 Å². The monoisotopic (exact) mass is 683 g/mol. The highest BCUT2D eigenvalue weighted by Gasteiger charge is 2.46. The van der Waals surface area contributed by atoms with Crippen molar-refractivity contribution in [3.63, 3.8) is 0 Å². The number of anilines is 2. The molecule has 5 fully saturated rings. The van der Waals surface area contributed by atoms with Crippen LogP contribution in [-0.2, 0) is 9.59 Å². The molecule has 0 aromatic heterocycles. The highest BCUT2D eigenvalue weighted by atomic mass is 16.6. The maximum atomic E-state index is 13.5.